The molecule has 7 heteroatoms. The molecule has 0 aliphatic heterocycles. The normalized spacial score (nSPS) is 43.0. The van der Waals surface area contributed by atoms with Crippen molar-refractivity contribution in [2.24, 2.45) is 50.2 Å². The molecule has 1 N–H and O–H groups in total. The lowest BCUT2D eigenvalue weighted by Crippen LogP contribution is -2.66. The second-order valence-electron chi connectivity index (χ2n) is 17.5. The summed E-state index contributed by atoms with van der Waals surface area (Å²) >= 11 is 5.30. The zero-order valence-electron chi connectivity index (χ0n) is 28.5. The molecule has 1 aromatic carbocycles. The number of rotatable bonds is 3. The van der Waals surface area contributed by atoms with Gasteiger partial charge in [-0.15, -0.1) is 0 Å². The number of hydrogen-bond donors (Lipinski definition) is 1. The highest BCUT2D eigenvalue weighted by Crippen LogP contribution is 2.75. The Morgan fingerprint density at radius 2 is 1.61 bits per heavy atom. The molecule has 9 atom stereocenters. The van der Waals surface area contributed by atoms with Crippen LogP contribution in [0, 0.1) is 54.1 Å². The molecule has 0 spiro atoms. The number of esters is 1. The van der Waals surface area contributed by atoms with Crippen LogP contribution in [-0.2, 0) is 9.59 Å². The maximum atomic E-state index is 14.6. The lowest BCUT2D eigenvalue weighted by atomic mass is 9.33. The second kappa shape index (κ2) is 10.7. The van der Waals surface area contributed by atoms with E-state index in [1.165, 1.54) is 5.57 Å². The van der Waals surface area contributed by atoms with E-state index in [9.17, 15) is 14.7 Å². The molecule has 248 valence electrons. The third-order valence-corrected chi connectivity index (χ3v) is 17.8. The van der Waals surface area contributed by atoms with Gasteiger partial charge in [0, 0.05) is 10.8 Å². The van der Waals surface area contributed by atoms with Crippen molar-refractivity contribution < 1.29 is 19.4 Å². The largest absolute Gasteiger partial charge is 0.426 e. The number of aliphatic hydroxyl groups is 1. The first kappa shape index (κ1) is 32.9. The molecule has 7 rings (SSSR count). The highest BCUT2D eigenvalue weighted by Gasteiger charge is 2.70. The van der Waals surface area contributed by atoms with Gasteiger partial charge in [-0.3, -0.25) is 9.59 Å². The number of fused-ring (bicyclic) bond motifs is 7. The van der Waals surface area contributed by atoms with Crippen LogP contribution in [0.3, 0.4) is 0 Å². The van der Waals surface area contributed by atoms with Gasteiger partial charge in [-0.25, -0.2) is 0 Å². The first-order valence-electron chi connectivity index (χ1n) is 17.3. The smallest absolute Gasteiger partial charge is 0.317 e. The van der Waals surface area contributed by atoms with E-state index in [0.717, 1.165) is 65.6 Å². The van der Waals surface area contributed by atoms with Crippen molar-refractivity contribution in [3.8, 4) is 16.2 Å². The molecule has 5 aliphatic carbocycles. The van der Waals surface area contributed by atoms with E-state index in [-0.39, 0.29) is 51.0 Å². The maximum absolute atomic E-state index is 14.6. The van der Waals surface area contributed by atoms with Crippen molar-refractivity contribution in [1.29, 1.82) is 0 Å². The van der Waals surface area contributed by atoms with Gasteiger partial charge in [0.2, 0.25) is 0 Å². The minimum atomic E-state index is -0.622. The van der Waals surface area contributed by atoms with Crippen LogP contribution in [0.1, 0.15) is 106 Å². The average molecular weight is 679 g/mol. The van der Waals surface area contributed by atoms with E-state index in [1.54, 1.807) is 20.7 Å². The fourth-order valence-electron chi connectivity index (χ4n) is 11.6. The SMILES string of the molecule is CC1(C(=O)Oc2ccc(-c3cc(=S)ss3)cc2)CC[C@]2(C)CCC3(C)C(=CC(=O)C4[C@@]5(C)CC[C@H](O)C(C)(C)C5CC[C@]43C)C2C1. The van der Waals surface area contributed by atoms with Crippen LogP contribution in [0.15, 0.2) is 42.0 Å². The topological polar surface area (TPSA) is 63.6 Å². The van der Waals surface area contributed by atoms with Gasteiger partial charge in [-0.1, -0.05) is 80.0 Å². The van der Waals surface area contributed by atoms with E-state index in [2.05, 4.69) is 54.5 Å². The van der Waals surface area contributed by atoms with E-state index < -0.39 is 5.41 Å². The average Bonchev–Trinajstić information content (AvgIpc) is 3.43. The zero-order valence-corrected chi connectivity index (χ0v) is 31.0. The van der Waals surface area contributed by atoms with Gasteiger partial charge in [0.25, 0.3) is 0 Å². The minimum Gasteiger partial charge on any atom is -0.426 e. The van der Waals surface area contributed by atoms with Crippen LogP contribution in [0.2, 0.25) is 0 Å². The Morgan fingerprint density at radius 3 is 2.28 bits per heavy atom. The lowest BCUT2D eigenvalue weighted by Gasteiger charge is -2.70. The van der Waals surface area contributed by atoms with Gasteiger partial charge in [0.05, 0.1) is 11.5 Å². The number of allylic oxidation sites excluding steroid dienone is 2. The number of carbonyl (C=O) groups is 2. The summed E-state index contributed by atoms with van der Waals surface area (Å²) in [5, 5.41) is 11.0. The predicted molar refractivity (Wildman–Crippen MR) is 190 cm³/mol. The van der Waals surface area contributed by atoms with Crippen molar-refractivity contribution in [3.05, 3.63) is 45.8 Å². The molecule has 5 unspecified atom stereocenters. The maximum Gasteiger partial charge on any atom is 0.317 e. The lowest BCUT2D eigenvalue weighted by molar-refractivity contribution is -0.202. The van der Waals surface area contributed by atoms with Crippen molar-refractivity contribution in [1.82, 2.24) is 0 Å². The monoisotopic (exact) mass is 678 g/mol. The van der Waals surface area contributed by atoms with E-state index >= 15 is 0 Å². The fourth-order valence-corrected chi connectivity index (χ4v) is 14.0. The second-order valence-corrected chi connectivity index (χ2v) is 20.4. The van der Waals surface area contributed by atoms with Gasteiger partial charge in [-0.05, 0) is 146 Å². The summed E-state index contributed by atoms with van der Waals surface area (Å²) in [7, 11) is 3.26. The molecular weight excluding hydrogens is 629 g/mol. The van der Waals surface area contributed by atoms with E-state index in [4.69, 9.17) is 17.0 Å². The summed E-state index contributed by atoms with van der Waals surface area (Å²) in [5.74, 6) is 1.16. The van der Waals surface area contributed by atoms with Crippen LogP contribution in [-0.4, -0.2) is 23.0 Å². The van der Waals surface area contributed by atoms with Crippen molar-refractivity contribution in [2.75, 3.05) is 0 Å². The fraction of sp³-hybridized carbons (Fsp3) is 0.667. The number of benzene rings is 1. The number of ether oxygens (including phenoxy) is 1. The molecule has 0 saturated heterocycles. The Hall–Kier alpha value is -1.67. The first-order chi connectivity index (χ1) is 21.5. The molecule has 4 nitrogen and oxygen atoms in total. The number of carbonyl (C=O) groups excluding carboxylic acids is 2. The number of hydrogen-bond acceptors (Lipinski definition) is 7. The molecule has 0 amide bonds. The summed E-state index contributed by atoms with van der Waals surface area (Å²) < 4.78 is 6.97. The van der Waals surface area contributed by atoms with Crippen molar-refractivity contribution >= 4 is 44.7 Å². The van der Waals surface area contributed by atoms with Crippen LogP contribution >= 0.6 is 32.9 Å². The van der Waals surface area contributed by atoms with E-state index in [1.807, 2.05) is 30.3 Å². The Bertz CT molecular complexity index is 1670. The molecule has 4 saturated carbocycles. The van der Waals surface area contributed by atoms with Crippen LogP contribution < -0.4 is 4.74 Å². The standard InChI is InChI=1S/C39H50O4S3/c1-34(2)29-12-15-39(7)32(37(29,5)14-13-30(34)41)27(40)20-25-26-22-36(4,17-16-35(26,3)18-19-38(25,39)6)33(42)43-24-10-8-23(9-11-24)28-21-31(44)46-45-28/h8-11,20-21,26,29-30,32,41H,12-19,22H2,1-7H3/t26?,29?,30-,32?,35+,36?,37-,38?,39+/m0/s1. The molecule has 5 aliphatic rings. The van der Waals surface area contributed by atoms with Gasteiger partial charge in [-0.2, -0.15) is 0 Å². The summed E-state index contributed by atoms with van der Waals surface area (Å²) in [5.41, 5.74) is 1.26. The van der Waals surface area contributed by atoms with Gasteiger partial charge in [0.1, 0.15) is 9.57 Å². The Morgan fingerprint density at radius 1 is 0.913 bits per heavy atom. The summed E-state index contributed by atoms with van der Waals surface area (Å²) in [6.07, 6.45) is 10.2. The van der Waals surface area contributed by atoms with Gasteiger partial charge >= 0.3 is 5.97 Å². The Kier molecular flexibility index (Phi) is 7.62. The van der Waals surface area contributed by atoms with Gasteiger partial charge in [0.15, 0.2) is 5.78 Å². The number of aliphatic hydroxyl groups excluding tert-OH is 1. The highest BCUT2D eigenvalue weighted by atomic mass is 32.9. The third kappa shape index (κ3) is 4.60. The van der Waals surface area contributed by atoms with Crippen LogP contribution in [0.4, 0.5) is 0 Å². The molecular formula is C39H50O4S3. The zero-order chi connectivity index (χ0) is 33.1. The summed E-state index contributed by atoms with van der Waals surface area (Å²) in [6, 6.07) is 9.80. The molecule has 4 fully saturated rings. The summed E-state index contributed by atoms with van der Waals surface area (Å²) in [4.78, 5) is 29.7. The first-order valence-corrected chi connectivity index (χ1v) is 19.9. The Labute approximate surface area is 287 Å². The number of ketones is 1. The highest BCUT2D eigenvalue weighted by molar-refractivity contribution is 7.80. The van der Waals surface area contributed by atoms with Crippen LogP contribution in [0.5, 0.6) is 5.75 Å². The molecule has 46 heavy (non-hydrogen) atoms. The third-order valence-electron chi connectivity index (χ3n) is 14.9. The quantitative estimate of drug-likeness (QED) is 0.152. The molecule has 2 aromatic rings. The van der Waals surface area contributed by atoms with Crippen molar-refractivity contribution in [2.45, 2.75) is 112 Å². The summed E-state index contributed by atoms with van der Waals surface area (Å²) in [6.45, 7) is 16.2. The van der Waals surface area contributed by atoms with Gasteiger partial charge < -0.3 is 9.84 Å². The molecule has 0 bridgehead atoms. The minimum absolute atomic E-state index is 0.0425. The van der Waals surface area contributed by atoms with E-state index in [0.29, 0.717) is 23.9 Å². The molecule has 1 heterocycles. The predicted octanol–water partition coefficient (Wildman–Crippen LogP) is 10.5. The molecule has 0 radical (unpaired) electrons. The van der Waals surface area contributed by atoms with Crippen molar-refractivity contribution in [3.63, 3.8) is 0 Å². The molecule has 1 aromatic heterocycles. The van der Waals surface area contributed by atoms with Crippen LogP contribution in [0.25, 0.3) is 10.4 Å². The Balaban J connectivity index is 1.18.